The molecule has 1 aromatic heterocycles. The number of methoxy groups -OCH3 is 1. The summed E-state index contributed by atoms with van der Waals surface area (Å²) in [5, 5.41) is 13.3. The van der Waals surface area contributed by atoms with Gasteiger partial charge in [-0.25, -0.2) is 0 Å². The number of ketones is 1. The first kappa shape index (κ1) is 25.8. The second-order valence-corrected chi connectivity index (χ2v) is 8.82. The van der Waals surface area contributed by atoms with Crippen LogP contribution in [0, 0.1) is 5.92 Å². The highest BCUT2D eigenvalue weighted by molar-refractivity contribution is 5.87. The van der Waals surface area contributed by atoms with E-state index in [0.717, 1.165) is 27.8 Å². The lowest BCUT2D eigenvalue weighted by Crippen LogP contribution is -2.51. The molecule has 1 heterocycles. The average Bonchev–Trinajstić information content (AvgIpc) is 3.33. The number of para-hydroxylation sites is 2. The van der Waals surface area contributed by atoms with Gasteiger partial charge in [0, 0.05) is 23.5 Å². The van der Waals surface area contributed by atoms with Gasteiger partial charge in [-0.15, -0.1) is 0 Å². The first-order valence-corrected chi connectivity index (χ1v) is 12.1. The molecule has 0 radical (unpaired) electrons. The Balaban J connectivity index is 1.45. The quantitative estimate of drug-likeness (QED) is 0.219. The number of aromatic hydroxyl groups is 1. The maximum absolute atomic E-state index is 13.3. The molecule has 0 fully saturated rings. The minimum atomic E-state index is -0.908. The second-order valence-electron chi connectivity index (χ2n) is 8.82. The van der Waals surface area contributed by atoms with Gasteiger partial charge in [0.05, 0.1) is 19.2 Å². The van der Waals surface area contributed by atoms with E-state index in [1.807, 2.05) is 54.7 Å². The van der Waals surface area contributed by atoms with Crippen molar-refractivity contribution in [1.82, 2.24) is 10.3 Å². The summed E-state index contributed by atoms with van der Waals surface area (Å²) in [5.74, 6) is 0.0653. The van der Waals surface area contributed by atoms with E-state index < -0.39 is 12.1 Å². The van der Waals surface area contributed by atoms with E-state index in [4.69, 9.17) is 15.2 Å². The third-order valence-electron chi connectivity index (χ3n) is 6.32. The van der Waals surface area contributed by atoms with E-state index in [1.54, 1.807) is 19.2 Å². The lowest BCUT2D eigenvalue weighted by atomic mass is 9.92. The molecule has 2 atom stereocenters. The van der Waals surface area contributed by atoms with Crippen molar-refractivity contribution in [2.75, 3.05) is 13.7 Å². The predicted octanol–water partition coefficient (Wildman–Crippen LogP) is 3.72. The number of nitrogens with one attached hydrogen (secondary N) is 2. The Morgan fingerprint density at radius 3 is 2.51 bits per heavy atom. The first-order valence-electron chi connectivity index (χ1n) is 12.1. The van der Waals surface area contributed by atoms with Crippen LogP contribution in [-0.4, -0.2) is 41.7 Å². The standard InChI is InChI=1S/C29H31N3O5/c1-36-27-9-5-2-6-19(27)10-15-28(35)32-29(30)24(16-20-17-31-25-8-4-3-7-23(20)25)26(34)18-37-22-13-11-21(33)12-14-22/h2-9,11-14,17,24,29,31,33H,10,15-16,18,30H2,1H3,(H,32,35)/t24?,29-/m1/s1. The van der Waals surface area contributed by atoms with Gasteiger partial charge in [-0.2, -0.15) is 0 Å². The molecule has 8 nitrogen and oxygen atoms in total. The van der Waals surface area contributed by atoms with Crippen LogP contribution in [0.3, 0.4) is 0 Å². The van der Waals surface area contributed by atoms with E-state index in [2.05, 4.69) is 10.3 Å². The van der Waals surface area contributed by atoms with Gasteiger partial charge in [0.25, 0.3) is 0 Å². The molecule has 3 aromatic carbocycles. The highest BCUT2D eigenvalue weighted by Gasteiger charge is 2.28. The largest absolute Gasteiger partial charge is 0.508 e. The van der Waals surface area contributed by atoms with Crippen LogP contribution in [0.1, 0.15) is 17.5 Å². The van der Waals surface area contributed by atoms with Gasteiger partial charge in [0.1, 0.15) is 23.9 Å². The Hall–Kier alpha value is -4.30. The van der Waals surface area contributed by atoms with Crippen LogP contribution in [0.5, 0.6) is 17.2 Å². The lowest BCUT2D eigenvalue weighted by molar-refractivity contribution is -0.127. The molecule has 1 unspecified atom stereocenters. The minimum absolute atomic E-state index is 0.105. The molecule has 1 amide bonds. The van der Waals surface area contributed by atoms with Gasteiger partial charge in [-0.1, -0.05) is 36.4 Å². The predicted molar refractivity (Wildman–Crippen MR) is 142 cm³/mol. The van der Waals surface area contributed by atoms with Crippen LogP contribution < -0.4 is 20.5 Å². The molecule has 0 saturated carbocycles. The molecule has 0 aliphatic heterocycles. The first-order chi connectivity index (χ1) is 17.9. The van der Waals surface area contributed by atoms with E-state index in [-0.39, 0.29) is 30.5 Å². The zero-order valence-electron chi connectivity index (χ0n) is 20.6. The number of phenolic OH excluding ortho intramolecular Hbond substituents is 1. The van der Waals surface area contributed by atoms with Crippen molar-refractivity contribution in [1.29, 1.82) is 0 Å². The van der Waals surface area contributed by atoms with Crippen molar-refractivity contribution in [3.8, 4) is 17.2 Å². The normalized spacial score (nSPS) is 12.6. The fourth-order valence-corrected chi connectivity index (χ4v) is 4.30. The molecule has 0 bridgehead atoms. The summed E-state index contributed by atoms with van der Waals surface area (Å²) in [5.41, 5.74) is 9.22. The number of ether oxygens (including phenoxy) is 2. The lowest BCUT2D eigenvalue weighted by Gasteiger charge is -2.24. The number of carbonyl (C=O) groups excluding carboxylic acids is 2. The second kappa shape index (κ2) is 12.1. The van der Waals surface area contributed by atoms with Crippen LogP contribution in [0.15, 0.2) is 79.0 Å². The molecule has 8 heteroatoms. The number of rotatable bonds is 12. The number of phenols is 1. The number of aryl methyl sites for hydroxylation is 1. The Bertz CT molecular complexity index is 1350. The number of carbonyl (C=O) groups is 2. The Kier molecular flexibility index (Phi) is 8.43. The van der Waals surface area contributed by atoms with Gasteiger partial charge in [-0.05, 0) is 60.4 Å². The molecule has 5 N–H and O–H groups in total. The fraction of sp³-hybridized carbons (Fsp3) is 0.241. The number of Topliss-reactive ketones (excluding diaryl/α,β-unsaturated/α-hetero) is 1. The highest BCUT2D eigenvalue weighted by Crippen LogP contribution is 2.23. The summed E-state index contributed by atoms with van der Waals surface area (Å²) >= 11 is 0. The number of hydrogen-bond acceptors (Lipinski definition) is 6. The number of H-pyrrole nitrogens is 1. The van der Waals surface area contributed by atoms with Gasteiger partial charge >= 0.3 is 0 Å². The number of benzene rings is 3. The summed E-state index contributed by atoms with van der Waals surface area (Å²) in [6.45, 7) is -0.220. The monoisotopic (exact) mass is 501 g/mol. The van der Waals surface area contributed by atoms with Crippen LogP contribution in [0.25, 0.3) is 10.9 Å². The Labute approximate surface area is 215 Å². The number of hydrogen-bond donors (Lipinski definition) is 4. The molecule has 4 aromatic rings. The number of fused-ring (bicyclic) bond motifs is 1. The number of aromatic amines is 1. The topological polar surface area (TPSA) is 127 Å². The third-order valence-corrected chi connectivity index (χ3v) is 6.32. The van der Waals surface area contributed by atoms with E-state index in [9.17, 15) is 14.7 Å². The zero-order valence-corrected chi connectivity index (χ0v) is 20.6. The van der Waals surface area contributed by atoms with E-state index in [0.29, 0.717) is 18.6 Å². The van der Waals surface area contributed by atoms with Crippen molar-refractivity contribution in [2.45, 2.75) is 25.4 Å². The maximum Gasteiger partial charge on any atom is 0.221 e. The summed E-state index contributed by atoms with van der Waals surface area (Å²) in [6.07, 6.45) is 1.96. The van der Waals surface area contributed by atoms with Crippen LogP contribution in [0.2, 0.25) is 0 Å². The van der Waals surface area contributed by atoms with Crippen molar-refractivity contribution in [3.05, 3.63) is 90.1 Å². The molecule has 37 heavy (non-hydrogen) atoms. The maximum atomic E-state index is 13.3. The summed E-state index contributed by atoms with van der Waals surface area (Å²) < 4.78 is 11.0. The summed E-state index contributed by atoms with van der Waals surface area (Å²) in [4.78, 5) is 29.3. The molecule has 4 rings (SSSR count). The van der Waals surface area contributed by atoms with Gasteiger partial charge in [0.2, 0.25) is 5.91 Å². The summed E-state index contributed by atoms with van der Waals surface area (Å²) in [6, 6.07) is 21.5. The Morgan fingerprint density at radius 1 is 1.00 bits per heavy atom. The van der Waals surface area contributed by atoms with Crippen LogP contribution >= 0.6 is 0 Å². The molecule has 0 spiro atoms. The average molecular weight is 502 g/mol. The minimum Gasteiger partial charge on any atom is -0.508 e. The van der Waals surface area contributed by atoms with Crippen molar-refractivity contribution in [3.63, 3.8) is 0 Å². The zero-order chi connectivity index (χ0) is 26.2. The SMILES string of the molecule is COc1ccccc1CCC(=O)N[C@@H](N)C(Cc1c[nH]c2ccccc12)C(=O)COc1ccc(O)cc1. The third kappa shape index (κ3) is 6.68. The van der Waals surface area contributed by atoms with Crippen LogP contribution in [0.4, 0.5) is 0 Å². The molecule has 192 valence electrons. The molecular formula is C29H31N3O5. The van der Waals surface area contributed by atoms with Gasteiger partial charge in [0.15, 0.2) is 5.78 Å². The number of aromatic nitrogens is 1. The van der Waals surface area contributed by atoms with E-state index in [1.165, 1.54) is 12.1 Å². The van der Waals surface area contributed by atoms with Gasteiger partial charge in [-0.3, -0.25) is 9.59 Å². The van der Waals surface area contributed by atoms with E-state index >= 15 is 0 Å². The van der Waals surface area contributed by atoms with Crippen LogP contribution in [-0.2, 0) is 22.4 Å². The van der Waals surface area contributed by atoms with Crippen molar-refractivity contribution < 1.29 is 24.2 Å². The fourth-order valence-electron chi connectivity index (χ4n) is 4.30. The number of nitrogens with two attached hydrogens (primary N) is 1. The Morgan fingerprint density at radius 2 is 1.73 bits per heavy atom. The highest BCUT2D eigenvalue weighted by atomic mass is 16.5. The molecule has 0 saturated heterocycles. The summed E-state index contributed by atoms with van der Waals surface area (Å²) in [7, 11) is 1.59. The van der Waals surface area contributed by atoms with Crippen molar-refractivity contribution in [2.24, 2.45) is 11.7 Å². The molecular weight excluding hydrogens is 470 g/mol. The number of amides is 1. The molecule has 0 aliphatic rings. The van der Waals surface area contributed by atoms with Crippen molar-refractivity contribution >= 4 is 22.6 Å². The smallest absolute Gasteiger partial charge is 0.221 e. The molecule has 0 aliphatic carbocycles. The van der Waals surface area contributed by atoms with Gasteiger partial charge < -0.3 is 30.6 Å².